The van der Waals surface area contributed by atoms with Crippen LogP contribution in [0.5, 0.6) is 0 Å². The van der Waals surface area contributed by atoms with E-state index < -0.39 is 0 Å². The van der Waals surface area contributed by atoms with Crippen LogP contribution in [0.1, 0.15) is 19.3 Å². The maximum absolute atomic E-state index is 11.9. The highest BCUT2D eigenvalue weighted by atomic mass is 35.5. The Bertz CT molecular complexity index is 351. The van der Waals surface area contributed by atoms with Gasteiger partial charge in [0.15, 0.2) is 0 Å². The van der Waals surface area contributed by atoms with E-state index in [0.717, 1.165) is 32.5 Å². The molecule has 1 aliphatic heterocycles. The lowest BCUT2D eigenvalue weighted by Gasteiger charge is -2.31. The van der Waals surface area contributed by atoms with E-state index in [2.05, 4.69) is 5.10 Å². The van der Waals surface area contributed by atoms with Crippen LogP contribution in [-0.4, -0.2) is 40.2 Å². The van der Waals surface area contributed by atoms with Crippen molar-refractivity contribution in [1.29, 1.82) is 0 Å². The Kier molecular flexibility index (Phi) is 8.80. The number of carbonyl (C=O) groups is 1. The molecule has 1 aromatic rings. The number of aryl methyl sites for hydroxylation is 1. The Hall–Kier alpha value is -0.780. The third kappa shape index (κ3) is 5.38. The second-order valence-corrected chi connectivity index (χ2v) is 4.58. The van der Waals surface area contributed by atoms with E-state index in [1.807, 2.05) is 17.2 Å². The van der Waals surface area contributed by atoms with Gasteiger partial charge in [-0.25, -0.2) is 0 Å². The molecule has 110 valence electrons. The molecule has 0 atom stereocenters. The first-order valence-corrected chi connectivity index (χ1v) is 6.25. The maximum atomic E-state index is 11.9. The van der Waals surface area contributed by atoms with Crippen molar-refractivity contribution in [2.75, 3.05) is 19.6 Å². The minimum absolute atomic E-state index is 0. The SMILES string of the molecule is Cl.Cl.NCC1CCN(C(=O)CCn2cccn2)CC1. The van der Waals surface area contributed by atoms with E-state index in [0.29, 0.717) is 18.9 Å². The van der Waals surface area contributed by atoms with Gasteiger partial charge in [-0.2, -0.15) is 5.10 Å². The number of likely N-dealkylation sites (tertiary alicyclic amines) is 1. The Morgan fingerprint density at radius 1 is 1.32 bits per heavy atom. The van der Waals surface area contributed by atoms with E-state index in [1.54, 1.807) is 10.9 Å². The van der Waals surface area contributed by atoms with Gasteiger partial charge in [0, 0.05) is 38.4 Å². The number of carbonyl (C=O) groups excluding carboxylic acids is 1. The van der Waals surface area contributed by atoms with Crippen molar-refractivity contribution in [1.82, 2.24) is 14.7 Å². The van der Waals surface area contributed by atoms with Crippen molar-refractivity contribution in [3.8, 4) is 0 Å². The highest BCUT2D eigenvalue weighted by Gasteiger charge is 2.21. The predicted molar refractivity (Wildman–Crippen MR) is 79.7 cm³/mol. The molecule has 2 N–H and O–H groups in total. The minimum atomic E-state index is 0. The number of piperidine rings is 1. The van der Waals surface area contributed by atoms with Gasteiger partial charge in [0.2, 0.25) is 5.91 Å². The monoisotopic (exact) mass is 308 g/mol. The lowest BCUT2D eigenvalue weighted by Crippen LogP contribution is -2.40. The van der Waals surface area contributed by atoms with Gasteiger partial charge in [-0.05, 0) is 31.4 Å². The Labute approximate surface area is 126 Å². The molecule has 0 bridgehead atoms. The standard InChI is InChI=1S/C12H20N4O.2ClH/c13-10-11-2-7-15(8-3-11)12(17)4-9-16-6-1-5-14-16;;/h1,5-6,11H,2-4,7-10,13H2;2*1H. The van der Waals surface area contributed by atoms with Gasteiger partial charge in [0.1, 0.15) is 0 Å². The van der Waals surface area contributed by atoms with Crippen molar-refractivity contribution >= 4 is 30.7 Å². The van der Waals surface area contributed by atoms with Crippen LogP contribution in [-0.2, 0) is 11.3 Å². The van der Waals surface area contributed by atoms with Gasteiger partial charge in [0.25, 0.3) is 0 Å². The largest absolute Gasteiger partial charge is 0.343 e. The van der Waals surface area contributed by atoms with E-state index in [4.69, 9.17) is 5.73 Å². The quantitative estimate of drug-likeness (QED) is 0.912. The van der Waals surface area contributed by atoms with E-state index >= 15 is 0 Å². The summed E-state index contributed by atoms with van der Waals surface area (Å²) in [4.78, 5) is 13.9. The minimum Gasteiger partial charge on any atom is -0.343 e. The summed E-state index contributed by atoms with van der Waals surface area (Å²) >= 11 is 0. The Balaban J connectivity index is 0.00000162. The van der Waals surface area contributed by atoms with Crippen molar-refractivity contribution < 1.29 is 4.79 Å². The van der Waals surface area contributed by atoms with Crippen LogP contribution >= 0.6 is 24.8 Å². The van der Waals surface area contributed by atoms with Crippen LogP contribution in [0.4, 0.5) is 0 Å². The molecule has 0 saturated carbocycles. The molecule has 0 spiro atoms. The third-order valence-electron chi connectivity index (χ3n) is 3.41. The molecule has 1 saturated heterocycles. The molecule has 1 fully saturated rings. The summed E-state index contributed by atoms with van der Waals surface area (Å²) in [6, 6.07) is 1.87. The number of aromatic nitrogens is 2. The molecular weight excluding hydrogens is 287 g/mol. The smallest absolute Gasteiger partial charge is 0.224 e. The van der Waals surface area contributed by atoms with Gasteiger partial charge in [-0.3, -0.25) is 9.48 Å². The Morgan fingerprint density at radius 3 is 2.53 bits per heavy atom. The number of amides is 1. The van der Waals surface area contributed by atoms with E-state index in [9.17, 15) is 4.79 Å². The number of hydrogen-bond acceptors (Lipinski definition) is 3. The van der Waals surface area contributed by atoms with Crippen LogP contribution < -0.4 is 5.73 Å². The number of hydrogen-bond donors (Lipinski definition) is 1. The van der Waals surface area contributed by atoms with Crippen LogP contribution in [0.3, 0.4) is 0 Å². The molecule has 0 unspecified atom stereocenters. The number of nitrogens with two attached hydrogens (primary N) is 1. The predicted octanol–water partition coefficient (Wildman–Crippen LogP) is 1.31. The summed E-state index contributed by atoms with van der Waals surface area (Å²) < 4.78 is 1.80. The number of halogens is 2. The third-order valence-corrected chi connectivity index (χ3v) is 3.41. The molecule has 1 aromatic heterocycles. The molecule has 2 rings (SSSR count). The van der Waals surface area contributed by atoms with E-state index in [1.165, 1.54) is 0 Å². The normalized spacial score (nSPS) is 15.5. The summed E-state index contributed by atoms with van der Waals surface area (Å²) in [7, 11) is 0. The summed E-state index contributed by atoms with van der Waals surface area (Å²) in [5, 5.41) is 4.09. The highest BCUT2D eigenvalue weighted by Crippen LogP contribution is 2.16. The van der Waals surface area contributed by atoms with Crippen molar-refractivity contribution in [2.45, 2.75) is 25.8 Å². The van der Waals surface area contributed by atoms with Crippen LogP contribution in [0.15, 0.2) is 18.5 Å². The average Bonchev–Trinajstić information content (AvgIpc) is 2.89. The van der Waals surface area contributed by atoms with Crippen LogP contribution in [0.25, 0.3) is 0 Å². The topological polar surface area (TPSA) is 64.2 Å². The van der Waals surface area contributed by atoms with Gasteiger partial charge in [-0.15, -0.1) is 24.8 Å². The molecular formula is C12H22Cl2N4O. The molecule has 1 amide bonds. The van der Waals surface area contributed by atoms with Gasteiger partial charge >= 0.3 is 0 Å². The molecule has 5 nitrogen and oxygen atoms in total. The van der Waals surface area contributed by atoms with Crippen molar-refractivity contribution in [3.63, 3.8) is 0 Å². The summed E-state index contributed by atoms with van der Waals surface area (Å²) in [5.41, 5.74) is 5.63. The van der Waals surface area contributed by atoms with E-state index in [-0.39, 0.29) is 30.7 Å². The second kappa shape index (κ2) is 9.18. The van der Waals surface area contributed by atoms with Crippen LogP contribution in [0, 0.1) is 5.92 Å². The summed E-state index contributed by atoms with van der Waals surface area (Å²) in [6.07, 6.45) is 6.24. The zero-order valence-electron chi connectivity index (χ0n) is 10.9. The molecule has 2 heterocycles. The Morgan fingerprint density at radius 2 is 2.00 bits per heavy atom. The molecule has 0 aromatic carbocycles. The van der Waals surface area contributed by atoms with Crippen molar-refractivity contribution in [2.24, 2.45) is 11.7 Å². The number of rotatable bonds is 4. The molecule has 0 radical (unpaired) electrons. The van der Waals surface area contributed by atoms with Crippen molar-refractivity contribution in [3.05, 3.63) is 18.5 Å². The molecule has 19 heavy (non-hydrogen) atoms. The zero-order chi connectivity index (χ0) is 12.1. The maximum Gasteiger partial charge on any atom is 0.224 e. The fourth-order valence-electron chi connectivity index (χ4n) is 2.22. The lowest BCUT2D eigenvalue weighted by molar-refractivity contribution is -0.132. The van der Waals surface area contributed by atoms with Gasteiger partial charge in [0.05, 0.1) is 0 Å². The van der Waals surface area contributed by atoms with Gasteiger partial charge < -0.3 is 10.6 Å². The first-order chi connectivity index (χ1) is 8.29. The lowest BCUT2D eigenvalue weighted by atomic mass is 9.97. The second-order valence-electron chi connectivity index (χ2n) is 4.58. The highest BCUT2D eigenvalue weighted by molar-refractivity contribution is 5.85. The van der Waals surface area contributed by atoms with Gasteiger partial charge in [-0.1, -0.05) is 0 Å². The summed E-state index contributed by atoms with van der Waals surface area (Å²) in [5.74, 6) is 0.834. The molecule has 0 aliphatic carbocycles. The summed E-state index contributed by atoms with van der Waals surface area (Å²) in [6.45, 7) is 3.14. The number of nitrogens with zero attached hydrogens (tertiary/aromatic N) is 3. The zero-order valence-corrected chi connectivity index (χ0v) is 12.5. The fourth-order valence-corrected chi connectivity index (χ4v) is 2.22. The first-order valence-electron chi connectivity index (χ1n) is 6.25. The van der Waals surface area contributed by atoms with Crippen LogP contribution in [0.2, 0.25) is 0 Å². The molecule has 7 heteroatoms. The fraction of sp³-hybridized carbons (Fsp3) is 0.667. The molecule has 1 aliphatic rings. The average molecular weight is 309 g/mol. The first kappa shape index (κ1) is 18.2.